The van der Waals surface area contributed by atoms with E-state index in [1.807, 2.05) is 72.2 Å². The summed E-state index contributed by atoms with van der Waals surface area (Å²) in [6.07, 6.45) is 0.742. The van der Waals surface area contributed by atoms with Crippen LogP contribution in [0.1, 0.15) is 45.4 Å². The van der Waals surface area contributed by atoms with Crippen molar-refractivity contribution in [3.8, 4) is 6.07 Å². The molecule has 34 heavy (non-hydrogen) atoms. The summed E-state index contributed by atoms with van der Waals surface area (Å²) in [6.45, 7) is 4.01. The van der Waals surface area contributed by atoms with Gasteiger partial charge < -0.3 is 0 Å². The first-order valence-corrected chi connectivity index (χ1v) is 11.6. The summed E-state index contributed by atoms with van der Waals surface area (Å²) in [5, 5.41) is 9.21. The van der Waals surface area contributed by atoms with Crippen molar-refractivity contribution in [2.24, 2.45) is 0 Å². The topological polar surface area (TPSA) is 61.9 Å². The second-order valence-electron chi connectivity index (χ2n) is 8.76. The fourth-order valence-electron chi connectivity index (χ4n) is 4.86. The van der Waals surface area contributed by atoms with Gasteiger partial charge in [-0.05, 0) is 35.7 Å². The summed E-state index contributed by atoms with van der Waals surface area (Å²) >= 11 is 0. The van der Waals surface area contributed by atoms with E-state index in [9.17, 15) is 10.1 Å². The van der Waals surface area contributed by atoms with Gasteiger partial charge in [0.1, 0.15) is 5.82 Å². The highest BCUT2D eigenvalue weighted by atomic mass is 16.1. The quantitative estimate of drug-likeness (QED) is 0.449. The van der Waals surface area contributed by atoms with Crippen LogP contribution < -0.4 is 5.56 Å². The summed E-state index contributed by atoms with van der Waals surface area (Å²) in [7, 11) is 0. The molecule has 168 valence electrons. The summed E-state index contributed by atoms with van der Waals surface area (Å²) in [5.41, 5.74) is 5.54. The maximum absolute atomic E-state index is 14.0. The maximum Gasteiger partial charge on any atom is 0.259 e. The van der Waals surface area contributed by atoms with Crippen molar-refractivity contribution in [1.29, 1.82) is 5.26 Å². The maximum atomic E-state index is 14.0. The predicted molar refractivity (Wildman–Crippen MR) is 132 cm³/mol. The molecule has 0 saturated heterocycles. The first-order chi connectivity index (χ1) is 16.6. The highest BCUT2D eigenvalue weighted by Crippen LogP contribution is 2.27. The molecule has 0 aliphatic carbocycles. The lowest BCUT2D eigenvalue weighted by Crippen LogP contribution is -2.40. The highest BCUT2D eigenvalue weighted by Gasteiger charge is 2.27. The number of hydrogen-bond donors (Lipinski definition) is 0. The Bertz CT molecular complexity index is 1360. The number of fused-ring (bicyclic) bond motifs is 1. The zero-order valence-electron chi connectivity index (χ0n) is 19.2. The lowest BCUT2D eigenvalue weighted by Gasteiger charge is -2.30. The Morgan fingerprint density at radius 2 is 1.65 bits per heavy atom. The number of nitriles is 1. The van der Waals surface area contributed by atoms with Crippen LogP contribution in [0.5, 0.6) is 0 Å². The standard InChI is InChI=1S/C29H26N4O/c1-21-31-27-15-16-32(19-23-10-8-9-22(17-23)18-30)20-26(27)29(34)33(21)28(24-11-4-2-5-12-24)25-13-6-3-7-14-25/h2-14,17,28H,15-16,19-20H2,1H3. The largest absolute Gasteiger partial charge is 0.294 e. The van der Waals surface area contributed by atoms with E-state index in [1.165, 1.54) is 0 Å². The number of nitrogens with zero attached hydrogens (tertiary/aromatic N) is 4. The Morgan fingerprint density at radius 3 is 2.29 bits per heavy atom. The molecule has 0 fully saturated rings. The molecule has 5 heteroatoms. The Kier molecular flexibility index (Phi) is 6.07. The fraction of sp³-hybridized carbons (Fsp3) is 0.207. The van der Waals surface area contributed by atoms with E-state index in [2.05, 4.69) is 35.2 Å². The van der Waals surface area contributed by atoms with Gasteiger partial charge in [0.15, 0.2) is 0 Å². The third-order valence-electron chi connectivity index (χ3n) is 6.47. The van der Waals surface area contributed by atoms with Crippen LogP contribution in [0.3, 0.4) is 0 Å². The van der Waals surface area contributed by atoms with Gasteiger partial charge in [0.05, 0.1) is 28.9 Å². The third-order valence-corrected chi connectivity index (χ3v) is 6.47. The first kappa shape index (κ1) is 21.8. The number of hydrogen-bond acceptors (Lipinski definition) is 4. The van der Waals surface area contributed by atoms with E-state index in [0.717, 1.165) is 46.7 Å². The number of aromatic nitrogens is 2. The molecule has 0 radical (unpaired) electrons. The Hall–Kier alpha value is -4.01. The number of benzene rings is 3. The van der Waals surface area contributed by atoms with Crippen LogP contribution in [-0.4, -0.2) is 21.0 Å². The van der Waals surface area contributed by atoms with Crippen LogP contribution in [-0.2, 0) is 19.5 Å². The molecule has 0 spiro atoms. The van der Waals surface area contributed by atoms with Crippen LogP contribution >= 0.6 is 0 Å². The van der Waals surface area contributed by atoms with Crippen molar-refractivity contribution in [2.45, 2.75) is 32.5 Å². The van der Waals surface area contributed by atoms with Gasteiger partial charge >= 0.3 is 0 Å². The normalized spacial score (nSPS) is 13.4. The van der Waals surface area contributed by atoms with Crippen molar-refractivity contribution in [3.05, 3.63) is 135 Å². The van der Waals surface area contributed by atoms with E-state index in [0.29, 0.717) is 18.7 Å². The molecular formula is C29H26N4O. The van der Waals surface area contributed by atoms with E-state index in [1.54, 1.807) is 0 Å². The van der Waals surface area contributed by atoms with Gasteiger partial charge in [-0.1, -0.05) is 72.8 Å². The van der Waals surface area contributed by atoms with E-state index in [4.69, 9.17) is 4.98 Å². The average molecular weight is 447 g/mol. The van der Waals surface area contributed by atoms with Crippen molar-refractivity contribution < 1.29 is 0 Å². The molecule has 1 aliphatic heterocycles. The Labute approximate surface area is 199 Å². The second-order valence-corrected chi connectivity index (χ2v) is 8.76. The van der Waals surface area contributed by atoms with Crippen molar-refractivity contribution in [2.75, 3.05) is 6.54 Å². The predicted octanol–water partition coefficient (Wildman–Crippen LogP) is 4.62. The van der Waals surface area contributed by atoms with Crippen LogP contribution in [0, 0.1) is 18.3 Å². The molecule has 4 aromatic rings. The van der Waals surface area contributed by atoms with Gasteiger partial charge in [-0.2, -0.15) is 5.26 Å². The molecule has 1 aliphatic rings. The molecule has 1 aromatic heterocycles. The van der Waals surface area contributed by atoms with Crippen molar-refractivity contribution in [3.63, 3.8) is 0 Å². The minimum Gasteiger partial charge on any atom is -0.294 e. The van der Waals surface area contributed by atoms with Crippen LogP contribution in [0.25, 0.3) is 0 Å². The molecule has 5 rings (SSSR count). The summed E-state index contributed by atoms with van der Waals surface area (Å²) in [5.74, 6) is 0.733. The monoisotopic (exact) mass is 446 g/mol. The van der Waals surface area contributed by atoms with Gasteiger partial charge in [-0.3, -0.25) is 14.3 Å². The summed E-state index contributed by atoms with van der Waals surface area (Å²) < 4.78 is 1.85. The molecule has 0 N–H and O–H groups in total. The third kappa shape index (κ3) is 4.28. The number of aryl methyl sites for hydroxylation is 1. The fourth-order valence-corrected chi connectivity index (χ4v) is 4.86. The van der Waals surface area contributed by atoms with Gasteiger partial charge in [0.2, 0.25) is 0 Å². The Morgan fingerprint density at radius 1 is 0.971 bits per heavy atom. The lowest BCUT2D eigenvalue weighted by molar-refractivity contribution is 0.240. The van der Waals surface area contributed by atoms with E-state index < -0.39 is 0 Å². The molecule has 0 saturated carbocycles. The van der Waals surface area contributed by atoms with Crippen LogP contribution in [0.2, 0.25) is 0 Å². The second kappa shape index (κ2) is 9.46. The highest BCUT2D eigenvalue weighted by molar-refractivity contribution is 5.35. The molecule has 0 atom stereocenters. The molecular weight excluding hydrogens is 420 g/mol. The average Bonchev–Trinajstić information content (AvgIpc) is 2.88. The number of rotatable bonds is 5. The minimum atomic E-state index is -0.240. The van der Waals surface area contributed by atoms with E-state index >= 15 is 0 Å². The first-order valence-electron chi connectivity index (χ1n) is 11.6. The molecule has 0 bridgehead atoms. The Balaban J connectivity index is 1.55. The van der Waals surface area contributed by atoms with Gasteiger partial charge in [0.25, 0.3) is 5.56 Å². The molecule has 5 nitrogen and oxygen atoms in total. The molecule has 0 amide bonds. The SMILES string of the molecule is Cc1nc2c(c(=O)n1C(c1ccccc1)c1ccccc1)CN(Cc1cccc(C#N)c1)CC2. The van der Waals surface area contributed by atoms with Crippen LogP contribution in [0.4, 0.5) is 0 Å². The molecule has 0 unspecified atom stereocenters. The van der Waals surface area contributed by atoms with Gasteiger partial charge in [-0.15, -0.1) is 0 Å². The molecule has 3 aromatic carbocycles. The summed E-state index contributed by atoms with van der Waals surface area (Å²) in [6, 6.07) is 29.9. The smallest absolute Gasteiger partial charge is 0.259 e. The van der Waals surface area contributed by atoms with Crippen LogP contribution in [0.15, 0.2) is 89.7 Å². The lowest BCUT2D eigenvalue weighted by atomic mass is 9.97. The zero-order chi connectivity index (χ0) is 23.5. The van der Waals surface area contributed by atoms with Crippen molar-refractivity contribution in [1.82, 2.24) is 14.5 Å². The van der Waals surface area contributed by atoms with Gasteiger partial charge in [0, 0.05) is 26.1 Å². The summed E-state index contributed by atoms with van der Waals surface area (Å²) in [4.78, 5) is 21.1. The van der Waals surface area contributed by atoms with Gasteiger partial charge in [-0.25, -0.2) is 4.98 Å². The van der Waals surface area contributed by atoms with Crippen molar-refractivity contribution >= 4 is 0 Å². The minimum absolute atomic E-state index is 0.0238. The van der Waals surface area contributed by atoms with E-state index in [-0.39, 0.29) is 11.6 Å². The zero-order valence-corrected chi connectivity index (χ0v) is 19.2. The molecule has 2 heterocycles.